The minimum absolute atomic E-state index is 0.0778. The summed E-state index contributed by atoms with van der Waals surface area (Å²) in [5, 5.41) is 0. The average Bonchev–Trinajstić information content (AvgIpc) is 3.35. The summed E-state index contributed by atoms with van der Waals surface area (Å²) in [6.07, 6.45) is 71.0. The highest BCUT2D eigenvalue weighted by Crippen LogP contribution is 2.17. The first-order valence-corrected chi connectivity index (χ1v) is 30.1. The van der Waals surface area contributed by atoms with Gasteiger partial charge in [0.1, 0.15) is 13.2 Å². The normalized spacial score (nSPS) is 12.3. The average molecular weight is 968 g/mol. The highest BCUT2D eigenvalue weighted by molar-refractivity contribution is 5.71. The van der Waals surface area contributed by atoms with Crippen LogP contribution in [-0.4, -0.2) is 37.2 Å². The maximum Gasteiger partial charge on any atom is 0.306 e. The molecule has 6 heteroatoms. The van der Waals surface area contributed by atoms with E-state index in [9.17, 15) is 14.4 Å². The van der Waals surface area contributed by atoms with E-state index in [4.69, 9.17) is 14.2 Å². The third-order valence-electron chi connectivity index (χ3n) is 13.3. The van der Waals surface area contributed by atoms with Crippen LogP contribution >= 0.6 is 0 Å². The smallest absolute Gasteiger partial charge is 0.306 e. The van der Waals surface area contributed by atoms with E-state index >= 15 is 0 Å². The van der Waals surface area contributed by atoms with E-state index in [0.717, 1.165) is 89.9 Å². The number of hydrogen-bond acceptors (Lipinski definition) is 6. The fourth-order valence-electron chi connectivity index (χ4n) is 8.74. The Morgan fingerprint density at radius 2 is 0.522 bits per heavy atom. The Hall–Kier alpha value is -2.63. The van der Waals surface area contributed by atoms with Crippen LogP contribution in [0.2, 0.25) is 0 Å². The molecule has 0 fully saturated rings. The van der Waals surface area contributed by atoms with Crippen LogP contribution in [0.3, 0.4) is 0 Å². The van der Waals surface area contributed by atoms with Crippen molar-refractivity contribution in [2.75, 3.05) is 13.2 Å². The second-order valence-electron chi connectivity index (χ2n) is 20.3. The molecule has 0 rings (SSSR count). The molecule has 0 aromatic heterocycles. The van der Waals surface area contributed by atoms with Crippen molar-refractivity contribution in [3.8, 4) is 0 Å². The van der Waals surface area contributed by atoms with Crippen LogP contribution in [0.4, 0.5) is 0 Å². The van der Waals surface area contributed by atoms with Crippen molar-refractivity contribution in [3.05, 3.63) is 48.6 Å². The first-order valence-electron chi connectivity index (χ1n) is 30.1. The quantitative estimate of drug-likeness (QED) is 0.0262. The summed E-state index contributed by atoms with van der Waals surface area (Å²) in [6, 6.07) is 0. The van der Waals surface area contributed by atoms with Crippen LogP contribution in [0, 0.1) is 0 Å². The summed E-state index contributed by atoms with van der Waals surface area (Å²) < 4.78 is 16.9. The highest BCUT2D eigenvalue weighted by Gasteiger charge is 2.19. The van der Waals surface area contributed by atoms with Gasteiger partial charge in [-0.25, -0.2) is 0 Å². The van der Waals surface area contributed by atoms with Crippen LogP contribution in [0.15, 0.2) is 48.6 Å². The second-order valence-corrected chi connectivity index (χ2v) is 20.3. The van der Waals surface area contributed by atoms with Crippen molar-refractivity contribution in [2.24, 2.45) is 0 Å². The fraction of sp³-hybridized carbons (Fsp3) is 0.825. The molecule has 0 aromatic rings. The number of hydrogen-bond donors (Lipinski definition) is 0. The third kappa shape index (κ3) is 56.2. The third-order valence-corrected chi connectivity index (χ3v) is 13.3. The Morgan fingerprint density at radius 1 is 0.290 bits per heavy atom. The zero-order valence-electron chi connectivity index (χ0n) is 46.1. The number of unbranched alkanes of at least 4 members (excludes halogenated alkanes) is 36. The summed E-state index contributed by atoms with van der Waals surface area (Å²) in [7, 11) is 0. The molecule has 0 N–H and O–H groups in total. The number of carbonyl (C=O) groups excluding carboxylic acids is 3. The van der Waals surface area contributed by atoms with Crippen LogP contribution in [-0.2, 0) is 28.6 Å². The van der Waals surface area contributed by atoms with Gasteiger partial charge in [0.15, 0.2) is 6.10 Å². The molecule has 69 heavy (non-hydrogen) atoms. The number of rotatable bonds is 55. The summed E-state index contributed by atoms with van der Waals surface area (Å²) >= 11 is 0. The largest absolute Gasteiger partial charge is 0.462 e. The molecule has 0 bridgehead atoms. The minimum Gasteiger partial charge on any atom is -0.462 e. The Kier molecular flexibility index (Phi) is 55.7. The molecule has 0 amide bonds. The molecule has 1 atom stereocenters. The summed E-state index contributed by atoms with van der Waals surface area (Å²) in [4.78, 5) is 38.2. The van der Waals surface area contributed by atoms with Crippen molar-refractivity contribution in [2.45, 2.75) is 322 Å². The van der Waals surface area contributed by atoms with E-state index in [-0.39, 0.29) is 31.1 Å². The Balaban J connectivity index is 4.36. The Morgan fingerprint density at radius 3 is 0.826 bits per heavy atom. The van der Waals surface area contributed by atoms with Gasteiger partial charge in [-0.3, -0.25) is 14.4 Å². The van der Waals surface area contributed by atoms with E-state index in [0.29, 0.717) is 19.3 Å². The SMILES string of the molecule is CCCCC/C=C\C/C=C\CCCCCCCCCC(=O)OC(COC(=O)CCCCCCC/C=C\C/C=C\CCCCC)COC(=O)CCCCCCCCCCCCCCCCCCCCC. The maximum atomic E-state index is 12.9. The lowest BCUT2D eigenvalue weighted by Crippen LogP contribution is -2.30. The first kappa shape index (κ1) is 66.4. The zero-order valence-corrected chi connectivity index (χ0v) is 46.1. The van der Waals surface area contributed by atoms with Gasteiger partial charge < -0.3 is 14.2 Å². The molecule has 0 aliphatic rings. The van der Waals surface area contributed by atoms with Crippen LogP contribution in [0.1, 0.15) is 316 Å². The second kappa shape index (κ2) is 57.9. The molecule has 0 aliphatic carbocycles. The first-order chi connectivity index (χ1) is 34.0. The Bertz CT molecular complexity index is 1200. The van der Waals surface area contributed by atoms with E-state index < -0.39 is 6.10 Å². The predicted octanol–water partition coefficient (Wildman–Crippen LogP) is 20.2. The molecule has 0 spiro atoms. The zero-order chi connectivity index (χ0) is 50.0. The van der Waals surface area contributed by atoms with Gasteiger partial charge in [0, 0.05) is 19.3 Å². The van der Waals surface area contributed by atoms with Crippen molar-refractivity contribution in [3.63, 3.8) is 0 Å². The molecule has 0 heterocycles. The van der Waals surface area contributed by atoms with Crippen LogP contribution < -0.4 is 0 Å². The lowest BCUT2D eigenvalue weighted by Gasteiger charge is -2.18. The monoisotopic (exact) mass is 967 g/mol. The fourth-order valence-corrected chi connectivity index (χ4v) is 8.74. The van der Waals surface area contributed by atoms with Gasteiger partial charge in [-0.1, -0.05) is 262 Å². The van der Waals surface area contributed by atoms with E-state index in [1.807, 2.05) is 0 Å². The molecule has 0 radical (unpaired) electrons. The lowest BCUT2D eigenvalue weighted by atomic mass is 10.0. The van der Waals surface area contributed by atoms with Gasteiger partial charge in [0.05, 0.1) is 0 Å². The molecular formula is C63H114O6. The molecule has 0 saturated carbocycles. The standard InChI is InChI=1S/C63H114O6/c1-4-7-10-13-16-19-22-25-28-30-31-33-35-38-41-44-47-50-53-56-62(65)68-59-60(58-67-61(64)55-52-49-46-43-40-37-34-27-24-21-18-15-12-9-6-3)69-63(66)57-54-51-48-45-42-39-36-32-29-26-23-20-17-14-11-8-5-2/h17-18,20-21,26-27,29,34,60H,4-16,19,22-25,28,30-33,35-59H2,1-3H3/b20-17-,21-18-,29-26-,34-27-. The molecular weight excluding hydrogens is 853 g/mol. The van der Waals surface area contributed by atoms with E-state index in [2.05, 4.69) is 69.4 Å². The number of allylic oxidation sites excluding steroid dienone is 8. The maximum absolute atomic E-state index is 12.9. The van der Waals surface area contributed by atoms with Gasteiger partial charge in [-0.15, -0.1) is 0 Å². The Labute approximate surface area is 428 Å². The molecule has 402 valence electrons. The topological polar surface area (TPSA) is 78.9 Å². The van der Waals surface area contributed by atoms with Gasteiger partial charge in [-0.05, 0) is 83.5 Å². The molecule has 0 aliphatic heterocycles. The predicted molar refractivity (Wildman–Crippen MR) is 298 cm³/mol. The van der Waals surface area contributed by atoms with Crippen LogP contribution in [0.5, 0.6) is 0 Å². The molecule has 1 unspecified atom stereocenters. The van der Waals surface area contributed by atoms with Gasteiger partial charge >= 0.3 is 17.9 Å². The molecule has 6 nitrogen and oxygen atoms in total. The molecule has 0 aromatic carbocycles. The van der Waals surface area contributed by atoms with Crippen LogP contribution in [0.25, 0.3) is 0 Å². The lowest BCUT2D eigenvalue weighted by molar-refractivity contribution is -0.167. The van der Waals surface area contributed by atoms with E-state index in [1.54, 1.807) is 0 Å². The summed E-state index contributed by atoms with van der Waals surface area (Å²) in [6.45, 7) is 6.61. The number of ether oxygens (including phenoxy) is 3. The number of esters is 3. The van der Waals surface area contributed by atoms with Crippen molar-refractivity contribution < 1.29 is 28.6 Å². The van der Waals surface area contributed by atoms with Gasteiger partial charge in [-0.2, -0.15) is 0 Å². The van der Waals surface area contributed by atoms with Gasteiger partial charge in [0.25, 0.3) is 0 Å². The molecule has 0 saturated heterocycles. The summed E-state index contributed by atoms with van der Waals surface area (Å²) in [5.74, 6) is -0.883. The van der Waals surface area contributed by atoms with Gasteiger partial charge in [0.2, 0.25) is 0 Å². The minimum atomic E-state index is -0.782. The number of carbonyl (C=O) groups is 3. The highest BCUT2D eigenvalue weighted by atomic mass is 16.6. The van der Waals surface area contributed by atoms with Crippen molar-refractivity contribution in [1.82, 2.24) is 0 Å². The van der Waals surface area contributed by atoms with Crippen molar-refractivity contribution >= 4 is 17.9 Å². The summed E-state index contributed by atoms with van der Waals surface area (Å²) in [5.41, 5.74) is 0. The van der Waals surface area contributed by atoms with Crippen molar-refractivity contribution in [1.29, 1.82) is 0 Å². The van der Waals surface area contributed by atoms with E-state index in [1.165, 1.54) is 186 Å².